The van der Waals surface area contributed by atoms with E-state index < -0.39 is 5.00 Å². The van der Waals surface area contributed by atoms with Gasteiger partial charge in [-0.1, -0.05) is 43.6 Å². The van der Waals surface area contributed by atoms with Gasteiger partial charge < -0.3 is 34.6 Å². The van der Waals surface area contributed by atoms with Crippen molar-refractivity contribution in [3.63, 3.8) is 0 Å². The Kier molecular flexibility index (Phi) is 9.07. The summed E-state index contributed by atoms with van der Waals surface area (Å²) in [5.41, 5.74) is 1.80. The van der Waals surface area contributed by atoms with Crippen LogP contribution in [0.2, 0.25) is 0 Å². The van der Waals surface area contributed by atoms with Crippen LogP contribution in [0.1, 0.15) is 31.4 Å². The maximum atomic E-state index is 13.6. The number of aromatic nitrogens is 2. The molecule has 2 N–H and O–H groups in total. The van der Waals surface area contributed by atoms with E-state index in [-0.39, 0.29) is 43.4 Å². The number of ether oxygens (including phenoxy) is 3. The first-order chi connectivity index (χ1) is 22.2. The minimum atomic E-state index is -1.02. The van der Waals surface area contributed by atoms with E-state index in [1.54, 1.807) is 30.4 Å². The van der Waals surface area contributed by atoms with Crippen LogP contribution in [-0.4, -0.2) is 81.7 Å². The Morgan fingerprint density at radius 3 is 2.65 bits per heavy atom. The number of methoxy groups -OCH3 is 1. The van der Waals surface area contributed by atoms with Crippen molar-refractivity contribution in [1.82, 2.24) is 30.0 Å². The number of nitrogens with zero attached hydrogens (tertiary/aromatic N) is 5. The van der Waals surface area contributed by atoms with Gasteiger partial charge in [0, 0.05) is 45.0 Å². The molecular formula is C33H38ClN7O5. The molecule has 0 spiro atoms. The molecule has 0 aliphatic carbocycles. The molecule has 1 aromatic heterocycles. The highest BCUT2D eigenvalue weighted by Gasteiger charge is 2.39. The fraction of sp³-hybridized carbons (Fsp3) is 0.394. The number of fused-ring (bicyclic) bond motifs is 1. The highest BCUT2D eigenvalue weighted by molar-refractivity contribution is 6.26. The van der Waals surface area contributed by atoms with E-state index in [0.29, 0.717) is 43.6 Å². The number of imidazole rings is 1. The van der Waals surface area contributed by atoms with Gasteiger partial charge in [-0.3, -0.25) is 14.2 Å². The molecule has 2 aromatic carbocycles. The van der Waals surface area contributed by atoms with Gasteiger partial charge in [-0.2, -0.15) is 0 Å². The third-order valence-corrected chi connectivity index (χ3v) is 9.05. The maximum absolute atomic E-state index is 13.6. The van der Waals surface area contributed by atoms with E-state index in [9.17, 15) is 9.59 Å². The monoisotopic (exact) mass is 647 g/mol. The molecule has 1 saturated heterocycles. The number of piperazine rings is 1. The molecule has 3 aliphatic heterocycles. The number of aliphatic imine (C=N–C) groups is 1. The van der Waals surface area contributed by atoms with Gasteiger partial charge in [0.1, 0.15) is 17.9 Å². The molecule has 2 unspecified atom stereocenters. The topological polar surface area (TPSA) is 123 Å². The van der Waals surface area contributed by atoms with E-state index in [1.165, 1.54) is 0 Å². The van der Waals surface area contributed by atoms with Crippen LogP contribution in [0.15, 0.2) is 78.1 Å². The predicted octanol–water partition coefficient (Wildman–Crippen LogP) is 3.32. The van der Waals surface area contributed by atoms with E-state index in [2.05, 4.69) is 20.5 Å². The molecule has 3 aromatic rings. The average molecular weight is 648 g/mol. The Bertz CT molecular complexity index is 1630. The van der Waals surface area contributed by atoms with Crippen LogP contribution in [0.3, 0.4) is 0 Å². The molecule has 6 rings (SSSR count). The van der Waals surface area contributed by atoms with Gasteiger partial charge in [0.2, 0.25) is 24.6 Å². The molecule has 1 fully saturated rings. The zero-order valence-corrected chi connectivity index (χ0v) is 26.9. The number of amides is 2. The number of rotatable bonds is 9. The molecule has 3 aliphatic rings. The van der Waals surface area contributed by atoms with Crippen LogP contribution in [0.5, 0.6) is 17.2 Å². The van der Waals surface area contributed by atoms with Gasteiger partial charge in [-0.15, -0.1) is 0 Å². The molecule has 13 heteroatoms. The Hall–Kier alpha value is -4.71. The number of carbonyl (C=O) groups is 2. The van der Waals surface area contributed by atoms with Crippen molar-refractivity contribution >= 4 is 29.4 Å². The predicted molar refractivity (Wildman–Crippen MR) is 173 cm³/mol. The fourth-order valence-corrected chi connectivity index (χ4v) is 5.85. The van der Waals surface area contributed by atoms with Crippen molar-refractivity contribution in [2.75, 3.05) is 33.5 Å². The molecule has 4 heterocycles. The zero-order valence-electron chi connectivity index (χ0n) is 26.1. The van der Waals surface area contributed by atoms with Crippen LogP contribution in [-0.2, 0) is 22.6 Å². The quantitative estimate of drug-likeness (QED) is 0.268. The molecule has 0 radical (unpaired) electrons. The number of nitrogens with one attached hydrogen (secondary N) is 2. The van der Waals surface area contributed by atoms with Crippen LogP contribution < -0.4 is 24.8 Å². The van der Waals surface area contributed by atoms with E-state index in [0.717, 1.165) is 22.7 Å². The second-order valence-electron chi connectivity index (χ2n) is 11.8. The first-order valence-corrected chi connectivity index (χ1v) is 15.7. The number of carbonyl (C=O) groups excluding carboxylic acids is 2. The molecule has 0 bridgehead atoms. The Balaban J connectivity index is 1.21. The average Bonchev–Trinajstić information content (AvgIpc) is 3.76. The van der Waals surface area contributed by atoms with Crippen molar-refractivity contribution in [3.8, 4) is 17.2 Å². The summed E-state index contributed by atoms with van der Waals surface area (Å²) in [6.07, 6.45) is 7.41. The number of halogens is 1. The van der Waals surface area contributed by atoms with Crippen LogP contribution >= 0.6 is 11.6 Å². The van der Waals surface area contributed by atoms with Crippen molar-refractivity contribution in [1.29, 1.82) is 0 Å². The third kappa shape index (κ3) is 6.91. The molecule has 12 nitrogen and oxygen atoms in total. The number of benzene rings is 2. The van der Waals surface area contributed by atoms with Crippen molar-refractivity contribution < 1.29 is 23.8 Å². The van der Waals surface area contributed by atoms with Crippen LogP contribution in [0.4, 0.5) is 0 Å². The Morgan fingerprint density at radius 1 is 1.13 bits per heavy atom. The normalized spacial score (nSPS) is 20.6. The summed E-state index contributed by atoms with van der Waals surface area (Å²) < 4.78 is 17.9. The van der Waals surface area contributed by atoms with Gasteiger partial charge >= 0.3 is 0 Å². The molecule has 2 atom stereocenters. The lowest BCUT2D eigenvalue weighted by molar-refractivity contribution is -0.134. The van der Waals surface area contributed by atoms with Gasteiger partial charge in [0.15, 0.2) is 16.5 Å². The Labute approximate surface area is 273 Å². The van der Waals surface area contributed by atoms with Gasteiger partial charge in [-0.05, 0) is 47.4 Å². The van der Waals surface area contributed by atoms with E-state index >= 15 is 0 Å². The zero-order chi connectivity index (χ0) is 32.3. The number of hydrogen-bond donors (Lipinski definition) is 2. The lowest BCUT2D eigenvalue weighted by Gasteiger charge is -2.45. The SMILES string of the molecule is COc1ccc(CNC(=O)CC2CN(C(=O)Cc3ccc4c(c3)OCO4)CCN2C2=CC(Cl)(C(C)C)N=C(n3ccnc3)N2)cc1. The highest BCUT2D eigenvalue weighted by atomic mass is 35.5. The number of hydrogen-bond acceptors (Lipinski definition) is 9. The third-order valence-electron chi connectivity index (χ3n) is 8.42. The summed E-state index contributed by atoms with van der Waals surface area (Å²) in [6, 6.07) is 12.8. The van der Waals surface area contributed by atoms with Gasteiger partial charge in [0.05, 0.1) is 19.6 Å². The number of alkyl halides is 1. The van der Waals surface area contributed by atoms with Crippen LogP contribution in [0, 0.1) is 5.92 Å². The van der Waals surface area contributed by atoms with Crippen LogP contribution in [0.25, 0.3) is 0 Å². The summed E-state index contributed by atoms with van der Waals surface area (Å²) in [4.78, 5) is 38.9. The highest BCUT2D eigenvalue weighted by Crippen LogP contribution is 2.35. The minimum absolute atomic E-state index is 0.0257. The fourth-order valence-electron chi connectivity index (χ4n) is 5.66. The maximum Gasteiger partial charge on any atom is 0.231 e. The standard InChI is InChI=1S/C33H38ClN7O5/c1-22(2)33(34)17-29(37-32(38-33)40-11-10-35-20-40)41-13-12-39(31(43)15-24-6-9-27-28(14-24)46-21-45-27)19-25(41)16-30(42)36-18-23-4-7-26(44-3)8-5-23/h4-11,14,17,20,22,25H,12-13,15-16,18-19,21H2,1-3H3,(H,36,42)(H,37,38). The van der Waals surface area contributed by atoms with E-state index in [1.807, 2.05) is 67.3 Å². The molecule has 242 valence electrons. The summed E-state index contributed by atoms with van der Waals surface area (Å²) in [5, 5.41) is 6.46. The van der Waals surface area contributed by atoms with Gasteiger partial charge in [-0.25, -0.2) is 9.98 Å². The second-order valence-corrected chi connectivity index (χ2v) is 12.4. The lowest BCUT2D eigenvalue weighted by Crippen LogP contribution is -2.58. The van der Waals surface area contributed by atoms with Crippen molar-refractivity contribution in [2.24, 2.45) is 10.9 Å². The molecular weight excluding hydrogens is 610 g/mol. The summed E-state index contributed by atoms with van der Waals surface area (Å²) >= 11 is 7.10. The molecule has 2 amide bonds. The smallest absolute Gasteiger partial charge is 0.231 e. The Morgan fingerprint density at radius 2 is 1.91 bits per heavy atom. The van der Waals surface area contributed by atoms with Gasteiger partial charge in [0.25, 0.3) is 0 Å². The lowest BCUT2D eigenvalue weighted by atomic mass is 10.0. The summed E-state index contributed by atoms with van der Waals surface area (Å²) in [5.74, 6) is 3.15. The minimum Gasteiger partial charge on any atom is -0.497 e. The van der Waals surface area contributed by atoms with Crippen molar-refractivity contribution in [2.45, 2.75) is 44.3 Å². The summed E-state index contributed by atoms with van der Waals surface area (Å²) in [7, 11) is 1.62. The first kappa shape index (κ1) is 31.3. The largest absolute Gasteiger partial charge is 0.497 e. The first-order valence-electron chi connectivity index (χ1n) is 15.3. The van der Waals surface area contributed by atoms with E-state index in [4.69, 9.17) is 30.8 Å². The summed E-state index contributed by atoms with van der Waals surface area (Å²) in [6.45, 7) is 5.89. The van der Waals surface area contributed by atoms with Crippen molar-refractivity contribution in [3.05, 3.63) is 84.2 Å². The molecule has 0 saturated carbocycles. The second kappa shape index (κ2) is 13.3. The molecule has 46 heavy (non-hydrogen) atoms.